The first kappa shape index (κ1) is 14.7. The molecule has 106 valence electrons. The lowest BCUT2D eigenvalue weighted by Crippen LogP contribution is -2.60. The average Bonchev–Trinajstić information content (AvgIpc) is 2.81. The number of hydrogen-bond acceptors (Lipinski definition) is 3. The Kier molecular flexibility index (Phi) is 5.40. The largest absolute Gasteiger partial charge is 0.311 e. The quantitative estimate of drug-likeness (QED) is 0.846. The van der Waals surface area contributed by atoms with Gasteiger partial charge in [0.05, 0.1) is 0 Å². The number of rotatable bonds is 4. The molecule has 0 saturated carbocycles. The van der Waals surface area contributed by atoms with Gasteiger partial charge in [0.25, 0.3) is 0 Å². The predicted molar refractivity (Wildman–Crippen MR) is 82.3 cm³/mol. The van der Waals surface area contributed by atoms with Gasteiger partial charge in [-0.15, -0.1) is 0 Å². The zero-order valence-electron chi connectivity index (χ0n) is 12.5. The Hall–Kier alpha value is 0.270. The molecule has 0 radical (unpaired) electrons. The van der Waals surface area contributed by atoms with Crippen LogP contribution in [0.15, 0.2) is 0 Å². The Morgan fingerprint density at radius 1 is 1.22 bits per heavy atom. The summed E-state index contributed by atoms with van der Waals surface area (Å²) in [5.41, 5.74) is 0. The molecule has 2 nitrogen and oxygen atoms in total. The van der Waals surface area contributed by atoms with E-state index in [9.17, 15) is 0 Å². The van der Waals surface area contributed by atoms with Gasteiger partial charge in [-0.2, -0.15) is 11.8 Å². The van der Waals surface area contributed by atoms with Gasteiger partial charge in [-0.05, 0) is 30.4 Å². The predicted octanol–water partition coefficient (Wildman–Crippen LogP) is 2.84. The first-order valence-electron chi connectivity index (χ1n) is 7.67. The van der Waals surface area contributed by atoms with Gasteiger partial charge >= 0.3 is 0 Å². The highest BCUT2D eigenvalue weighted by Crippen LogP contribution is 2.29. The number of piperazine rings is 1. The van der Waals surface area contributed by atoms with E-state index in [1.54, 1.807) is 0 Å². The highest BCUT2D eigenvalue weighted by molar-refractivity contribution is 8.00. The Morgan fingerprint density at radius 3 is 2.56 bits per heavy atom. The molecular formula is C15H30N2S. The fraction of sp³-hybridized carbons (Fsp3) is 1.00. The zero-order valence-corrected chi connectivity index (χ0v) is 13.3. The second-order valence-electron chi connectivity index (χ2n) is 6.66. The minimum absolute atomic E-state index is 0.686. The molecule has 2 heterocycles. The average molecular weight is 270 g/mol. The van der Waals surface area contributed by atoms with E-state index < -0.39 is 0 Å². The van der Waals surface area contributed by atoms with Gasteiger partial charge < -0.3 is 5.32 Å². The van der Waals surface area contributed by atoms with Gasteiger partial charge in [-0.1, -0.05) is 27.7 Å². The van der Waals surface area contributed by atoms with Crippen LogP contribution in [0.2, 0.25) is 0 Å². The summed E-state index contributed by atoms with van der Waals surface area (Å²) in [7, 11) is 0. The van der Waals surface area contributed by atoms with E-state index in [0.29, 0.717) is 6.04 Å². The van der Waals surface area contributed by atoms with Crippen molar-refractivity contribution in [1.82, 2.24) is 10.2 Å². The van der Waals surface area contributed by atoms with Crippen molar-refractivity contribution < 1.29 is 0 Å². The molecule has 2 aliphatic heterocycles. The summed E-state index contributed by atoms with van der Waals surface area (Å²) in [5, 5.41) is 4.66. The Bertz CT molecular complexity index is 247. The number of thioether (sulfide) groups is 1. The van der Waals surface area contributed by atoms with E-state index in [-0.39, 0.29) is 0 Å². The monoisotopic (exact) mass is 270 g/mol. The molecule has 0 aromatic rings. The van der Waals surface area contributed by atoms with Crippen LogP contribution in [0.25, 0.3) is 0 Å². The van der Waals surface area contributed by atoms with Crippen LogP contribution in [0.4, 0.5) is 0 Å². The molecular weight excluding hydrogens is 240 g/mol. The van der Waals surface area contributed by atoms with Crippen LogP contribution >= 0.6 is 11.8 Å². The SMILES string of the molecule is CC(C)C1CN(CC2CCCS2)C(C(C)C)CN1. The van der Waals surface area contributed by atoms with Crippen molar-refractivity contribution in [2.75, 3.05) is 25.4 Å². The van der Waals surface area contributed by atoms with Gasteiger partial charge in [0.15, 0.2) is 0 Å². The molecule has 18 heavy (non-hydrogen) atoms. The topological polar surface area (TPSA) is 15.3 Å². The van der Waals surface area contributed by atoms with Gasteiger partial charge in [0.2, 0.25) is 0 Å². The van der Waals surface area contributed by atoms with Gasteiger partial charge in [-0.3, -0.25) is 4.90 Å². The van der Waals surface area contributed by atoms with E-state index in [4.69, 9.17) is 0 Å². The number of nitrogens with zero attached hydrogens (tertiary/aromatic N) is 1. The lowest BCUT2D eigenvalue weighted by atomic mass is 9.94. The van der Waals surface area contributed by atoms with Gasteiger partial charge in [0, 0.05) is 37.0 Å². The third-order valence-corrected chi connectivity index (χ3v) is 5.91. The smallest absolute Gasteiger partial charge is 0.0244 e. The first-order valence-corrected chi connectivity index (χ1v) is 8.72. The molecule has 2 aliphatic rings. The third kappa shape index (κ3) is 3.64. The van der Waals surface area contributed by atoms with Crippen LogP contribution in [-0.2, 0) is 0 Å². The molecule has 0 spiro atoms. The van der Waals surface area contributed by atoms with Crippen LogP contribution in [0.5, 0.6) is 0 Å². The lowest BCUT2D eigenvalue weighted by molar-refractivity contribution is 0.0855. The maximum absolute atomic E-state index is 3.76. The zero-order chi connectivity index (χ0) is 13.1. The Balaban J connectivity index is 1.95. The van der Waals surface area contributed by atoms with E-state index in [1.807, 2.05) is 0 Å². The summed E-state index contributed by atoms with van der Waals surface area (Å²) in [4.78, 5) is 2.79. The molecule has 2 saturated heterocycles. The molecule has 3 heteroatoms. The molecule has 3 atom stereocenters. The number of nitrogens with one attached hydrogen (secondary N) is 1. The van der Waals surface area contributed by atoms with Crippen LogP contribution in [0, 0.1) is 11.8 Å². The summed E-state index contributed by atoms with van der Waals surface area (Å²) in [6.45, 7) is 13.2. The molecule has 0 amide bonds. The van der Waals surface area contributed by atoms with Gasteiger partial charge in [-0.25, -0.2) is 0 Å². The standard InChI is InChI=1S/C15H30N2S/c1-11(2)14-10-17(9-13-6-5-7-18-13)15(8-16-14)12(3)4/h11-16H,5-10H2,1-4H3. The maximum atomic E-state index is 3.76. The third-order valence-electron chi connectivity index (χ3n) is 4.53. The fourth-order valence-electron chi connectivity index (χ4n) is 3.22. The normalized spacial score (nSPS) is 34.7. The van der Waals surface area contributed by atoms with Crippen LogP contribution in [0.3, 0.4) is 0 Å². The lowest BCUT2D eigenvalue weighted by Gasteiger charge is -2.44. The molecule has 2 fully saturated rings. The summed E-state index contributed by atoms with van der Waals surface area (Å²) in [5.74, 6) is 2.89. The second-order valence-corrected chi connectivity index (χ2v) is 8.07. The Labute approximate surface area is 117 Å². The summed E-state index contributed by atoms with van der Waals surface area (Å²) in [6, 6.07) is 1.42. The summed E-state index contributed by atoms with van der Waals surface area (Å²) < 4.78 is 0. The van der Waals surface area contributed by atoms with Crippen molar-refractivity contribution in [1.29, 1.82) is 0 Å². The minimum atomic E-state index is 0.686. The first-order chi connectivity index (χ1) is 8.58. The Morgan fingerprint density at radius 2 is 2.00 bits per heavy atom. The van der Waals surface area contributed by atoms with E-state index in [2.05, 4.69) is 49.7 Å². The van der Waals surface area contributed by atoms with Crippen molar-refractivity contribution in [3.8, 4) is 0 Å². The van der Waals surface area contributed by atoms with E-state index >= 15 is 0 Å². The van der Waals surface area contributed by atoms with Crippen molar-refractivity contribution in [2.24, 2.45) is 11.8 Å². The second kappa shape index (κ2) is 6.62. The minimum Gasteiger partial charge on any atom is -0.311 e. The van der Waals surface area contributed by atoms with Crippen LogP contribution < -0.4 is 5.32 Å². The maximum Gasteiger partial charge on any atom is 0.0244 e. The highest BCUT2D eigenvalue weighted by Gasteiger charge is 2.32. The van der Waals surface area contributed by atoms with Gasteiger partial charge in [0.1, 0.15) is 0 Å². The van der Waals surface area contributed by atoms with E-state index in [0.717, 1.165) is 23.1 Å². The molecule has 1 N–H and O–H groups in total. The van der Waals surface area contributed by atoms with Crippen LogP contribution in [-0.4, -0.2) is 47.6 Å². The summed E-state index contributed by atoms with van der Waals surface area (Å²) in [6.07, 6.45) is 2.87. The van der Waals surface area contributed by atoms with Crippen molar-refractivity contribution in [2.45, 2.75) is 57.9 Å². The number of hydrogen-bond donors (Lipinski definition) is 1. The fourth-order valence-corrected chi connectivity index (χ4v) is 4.51. The molecule has 3 unspecified atom stereocenters. The molecule has 0 aromatic carbocycles. The van der Waals surface area contributed by atoms with Crippen molar-refractivity contribution in [3.63, 3.8) is 0 Å². The van der Waals surface area contributed by atoms with Crippen molar-refractivity contribution >= 4 is 11.8 Å². The molecule has 0 bridgehead atoms. The highest BCUT2D eigenvalue weighted by atomic mass is 32.2. The molecule has 0 aromatic heterocycles. The van der Waals surface area contributed by atoms with Crippen LogP contribution in [0.1, 0.15) is 40.5 Å². The van der Waals surface area contributed by atoms with E-state index in [1.165, 1.54) is 38.2 Å². The molecule has 0 aliphatic carbocycles. The summed E-state index contributed by atoms with van der Waals surface area (Å²) >= 11 is 2.20. The van der Waals surface area contributed by atoms with Crippen molar-refractivity contribution in [3.05, 3.63) is 0 Å². The molecule has 2 rings (SSSR count).